The molecule has 0 saturated carbocycles. The van der Waals surface area contributed by atoms with Crippen molar-refractivity contribution in [1.82, 2.24) is 5.43 Å². The number of nitrogens with zero attached hydrogens (tertiary/aromatic N) is 2. The molecule has 11 heteroatoms. The minimum atomic E-state index is -3.73. The number of hydrogen-bond donors (Lipinski definition) is 1. The molecule has 0 aliphatic carbocycles. The number of nitrogens with one attached hydrogen (secondary N) is 1. The van der Waals surface area contributed by atoms with Crippen molar-refractivity contribution in [3.05, 3.63) is 82.9 Å². The van der Waals surface area contributed by atoms with E-state index in [0.717, 1.165) is 16.1 Å². The fourth-order valence-corrected chi connectivity index (χ4v) is 4.35. The van der Waals surface area contributed by atoms with Crippen molar-refractivity contribution < 1.29 is 27.4 Å². The Morgan fingerprint density at radius 3 is 2.54 bits per heavy atom. The normalized spacial score (nSPS) is 11.2. The number of ether oxygens (including phenoxy) is 3. The molecule has 0 atom stereocenters. The summed E-state index contributed by atoms with van der Waals surface area (Å²) in [6, 6.07) is 19.0. The monoisotopic (exact) mass is 545 g/mol. The maximum atomic E-state index is 12.5. The van der Waals surface area contributed by atoms with E-state index >= 15 is 0 Å². The van der Waals surface area contributed by atoms with Crippen LogP contribution in [0.3, 0.4) is 0 Å². The fraction of sp³-hybridized carbons (Fsp3) is 0.231. The van der Waals surface area contributed by atoms with Crippen molar-refractivity contribution in [3.63, 3.8) is 0 Å². The third-order valence-corrected chi connectivity index (χ3v) is 6.36. The Bertz CT molecular complexity index is 1360. The molecule has 0 bridgehead atoms. The van der Waals surface area contributed by atoms with E-state index in [2.05, 4.69) is 10.5 Å². The quantitative estimate of drug-likeness (QED) is 0.269. The number of rotatable bonds is 12. The lowest BCUT2D eigenvalue weighted by molar-refractivity contribution is -0.119. The van der Waals surface area contributed by atoms with Gasteiger partial charge in [-0.2, -0.15) is 5.10 Å². The number of hydrazone groups is 1. The maximum Gasteiger partial charge on any atom is 0.260 e. The zero-order valence-electron chi connectivity index (χ0n) is 20.7. The van der Waals surface area contributed by atoms with Crippen LogP contribution < -0.4 is 23.9 Å². The van der Waals surface area contributed by atoms with Crippen LogP contribution in [0.4, 0.5) is 5.69 Å². The molecule has 3 aromatic carbocycles. The van der Waals surface area contributed by atoms with E-state index in [1.807, 2.05) is 25.1 Å². The average molecular weight is 546 g/mol. The van der Waals surface area contributed by atoms with Crippen LogP contribution in [0.25, 0.3) is 0 Å². The first-order valence-electron chi connectivity index (χ1n) is 11.3. The molecule has 0 aromatic heterocycles. The Kier molecular flexibility index (Phi) is 9.76. The lowest BCUT2D eigenvalue weighted by atomic mass is 10.2. The Morgan fingerprint density at radius 2 is 1.84 bits per heavy atom. The van der Waals surface area contributed by atoms with Crippen LogP contribution in [0.15, 0.2) is 71.8 Å². The molecule has 0 unspecified atom stereocenters. The minimum Gasteiger partial charge on any atom is -0.497 e. The smallest absolute Gasteiger partial charge is 0.260 e. The summed E-state index contributed by atoms with van der Waals surface area (Å²) >= 11 is 6.03. The van der Waals surface area contributed by atoms with E-state index in [-0.39, 0.29) is 0 Å². The predicted molar refractivity (Wildman–Crippen MR) is 144 cm³/mol. The number of halogens is 1. The summed E-state index contributed by atoms with van der Waals surface area (Å²) in [4.78, 5) is 12.5. The van der Waals surface area contributed by atoms with Gasteiger partial charge in [0, 0.05) is 11.1 Å². The number of methoxy groups -OCH3 is 1. The number of sulfonamides is 1. The first kappa shape index (κ1) is 27.8. The third-order valence-electron chi connectivity index (χ3n) is 4.98. The highest BCUT2D eigenvalue weighted by atomic mass is 35.5. The highest BCUT2D eigenvalue weighted by Gasteiger charge is 2.21. The molecule has 0 radical (unpaired) electrons. The molecule has 0 heterocycles. The highest BCUT2D eigenvalue weighted by Crippen LogP contribution is 2.29. The van der Waals surface area contributed by atoms with Crippen LogP contribution >= 0.6 is 11.6 Å². The molecule has 0 fully saturated rings. The topological polar surface area (TPSA) is 107 Å². The summed E-state index contributed by atoms with van der Waals surface area (Å²) in [5.74, 6) is 0.914. The van der Waals surface area contributed by atoms with Crippen LogP contribution in [0.2, 0.25) is 5.02 Å². The predicted octanol–water partition coefficient (Wildman–Crippen LogP) is 4.24. The summed E-state index contributed by atoms with van der Waals surface area (Å²) in [7, 11) is -2.26. The number of benzene rings is 3. The second-order valence-corrected chi connectivity index (χ2v) is 10.2. The van der Waals surface area contributed by atoms with Gasteiger partial charge in [-0.25, -0.2) is 13.8 Å². The number of anilines is 1. The van der Waals surface area contributed by atoms with E-state index < -0.39 is 22.5 Å². The maximum absolute atomic E-state index is 12.5. The van der Waals surface area contributed by atoms with Crippen LogP contribution in [-0.4, -0.2) is 47.1 Å². The van der Waals surface area contributed by atoms with Gasteiger partial charge in [0.25, 0.3) is 5.91 Å². The van der Waals surface area contributed by atoms with Crippen molar-refractivity contribution in [2.45, 2.75) is 13.5 Å². The molecule has 0 saturated heterocycles. The molecular formula is C26H28ClN3O6S. The van der Waals surface area contributed by atoms with Crippen LogP contribution in [-0.2, 0) is 21.4 Å². The number of carbonyl (C=O) groups is 1. The second-order valence-electron chi connectivity index (χ2n) is 7.82. The zero-order valence-corrected chi connectivity index (χ0v) is 22.3. The van der Waals surface area contributed by atoms with E-state index in [4.69, 9.17) is 25.8 Å². The summed E-state index contributed by atoms with van der Waals surface area (Å²) in [5.41, 5.74) is 4.22. The van der Waals surface area contributed by atoms with Gasteiger partial charge >= 0.3 is 0 Å². The lowest BCUT2D eigenvalue weighted by Crippen LogP contribution is -2.39. The molecule has 1 amide bonds. The highest BCUT2D eigenvalue weighted by molar-refractivity contribution is 7.92. The van der Waals surface area contributed by atoms with Gasteiger partial charge in [-0.05, 0) is 60.5 Å². The summed E-state index contributed by atoms with van der Waals surface area (Å²) < 4.78 is 42.3. The Balaban J connectivity index is 1.66. The SMILES string of the molecule is CCOc1cc(/C=N\NC(=O)CN(c2cccc(OC)c2)S(C)(=O)=O)ccc1OCc1cccc(Cl)c1. The Morgan fingerprint density at radius 1 is 1.05 bits per heavy atom. The van der Waals surface area contributed by atoms with Gasteiger partial charge < -0.3 is 14.2 Å². The molecular weight excluding hydrogens is 518 g/mol. The van der Waals surface area contributed by atoms with Gasteiger partial charge in [-0.1, -0.05) is 29.8 Å². The molecule has 9 nitrogen and oxygen atoms in total. The molecule has 3 rings (SSSR count). The fourth-order valence-electron chi connectivity index (χ4n) is 3.29. The van der Waals surface area contributed by atoms with E-state index in [9.17, 15) is 13.2 Å². The van der Waals surface area contributed by atoms with E-state index in [0.29, 0.717) is 46.7 Å². The van der Waals surface area contributed by atoms with E-state index in [1.54, 1.807) is 42.5 Å². The lowest BCUT2D eigenvalue weighted by Gasteiger charge is -2.21. The molecule has 3 aromatic rings. The molecule has 196 valence electrons. The van der Waals surface area contributed by atoms with Crippen LogP contribution in [0.1, 0.15) is 18.1 Å². The van der Waals surface area contributed by atoms with Gasteiger partial charge in [0.05, 0.1) is 31.9 Å². The molecule has 1 N–H and O–H groups in total. The Hall–Kier alpha value is -3.76. The largest absolute Gasteiger partial charge is 0.497 e. The van der Waals surface area contributed by atoms with Crippen LogP contribution in [0.5, 0.6) is 17.2 Å². The number of carbonyl (C=O) groups excluding carboxylic acids is 1. The van der Waals surface area contributed by atoms with Gasteiger partial charge in [-0.3, -0.25) is 9.10 Å². The first-order chi connectivity index (χ1) is 17.7. The number of amides is 1. The van der Waals surface area contributed by atoms with Gasteiger partial charge in [0.15, 0.2) is 11.5 Å². The van der Waals surface area contributed by atoms with Gasteiger partial charge in [0.2, 0.25) is 10.0 Å². The van der Waals surface area contributed by atoms with Gasteiger partial charge in [-0.15, -0.1) is 0 Å². The summed E-state index contributed by atoms with van der Waals surface area (Å²) in [6.45, 7) is 2.14. The van der Waals surface area contributed by atoms with Crippen molar-refractivity contribution in [2.75, 3.05) is 30.8 Å². The average Bonchev–Trinajstić information content (AvgIpc) is 2.86. The van der Waals surface area contributed by atoms with Crippen molar-refractivity contribution in [2.24, 2.45) is 5.10 Å². The molecule has 0 spiro atoms. The second kappa shape index (κ2) is 13.0. The summed E-state index contributed by atoms with van der Waals surface area (Å²) in [6.07, 6.45) is 2.45. The zero-order chi connectivity index (χ0) is 26.8. The third kappa shape index (κ3) is 8.40. The Labute approximate surface area is 221 Å². The van der Waals surface area contributed by atoms with Crippen molar-refractivity contribution in [3.8, 4) is 17.2 Å². The van der Waals surface area contributed by atoms with Crippen molar-refractivity contribution in [1.29, 1.82) is 0 Å². The van der Waals surface area contributed by atoms with Crippen LogP contribution in [0, 0.1) is 0 Å². The summed E-state index contributed by atoms with van der Waals surface area (Å²) in [5, 5.41) is 4.58. The molecule has 37 heavy (non-hydrogen) atoms. The van der Waals surface area contributed by atoms with E-state index in [1.165, 1.54) is 19.4 Å². The molecule has 0 aliphatic heterocycles. The minimum absolute atomic E-state index is 0.302. The molecule has 0 aliphatic rings. The number of hydrogen-bond acceptors (Lipinski definition) is 7. The standard InChI is InChI=1S/C26H28ClN3O6S/c1-4-35-25-14-19(11-12-24(25)36-18-20-7-5-8-21(27)13-20)16-28-29-26(31)17-30(37(3,32)33)22-9-6-10-23(15-22)34-2/h5-16H,4,17-18H2,1-3H3,(H,29,31)/b28-16-. The first-order valence-corrected chi connectivity index (χ1v) is 13.5. The van der Waals surface area contributed by atoms with Crippen molar-refractivity contribution >= 4 is 39.4 Å². The van der Waals surface area contributed by atoms with Gasteiger partial charge in [0.1, 0.15) is 18.9 Å².